The van der Waals surface area contributed by atoms with E-state index >= 15 is 0 Å². The average molecular weight is 357 g/mol. The van der Waals surface area contributed by atoms with Crippen molar-refractivity contribution in [2.24, 2.45) is 4.99 Å². The standard InChI is InChI=1S/C18H10Cl2N2O2/c19-11-7-6-10(8-12(11)20)16-14-13(17(23)22-16)15(21-18(14)24)9-4-2-1-3-5-9/h1-8,22-23H. The lowest BCUT2D eigenvalue weighted by Gasteiger charge is -2.02. The molecule has 0 bridgehead atoms. The van der Waals surface area contributed by atoms with Gasteiger partial charge in [-0.15, -0.1) is 0 Å². The van der Waals surface area contributed by atoms with Crippen LogP contribution < -0.4 is 0 Å². The Morgan fingerprint density at radius 1 is 0.917 bits per heavy atom. The minimum absolute atomic E-state index is 0.0977. The SMILES string of the molecule is O=C1N=C(c2ccccc2)c2c(O)[nH]c(-c3ccc(Cl)c(Cl)c3)c21. The highest BCUT2D eigenvalue weighted by atomic mass is 35.5. The van der Waals surface area contributed by atoms with Crippen LogP contribution in [0.5, 0.6) is 5.88 Å². The van der Waals surface area contributed by atoms with Crippen molar-refractivity contribution in [2.45, 2.75) is 0 Å². The van der Waals surface area contributed by atoms with E-state index in [2.05, 4.69) is 9.98 Å². The average Bonchev–Trinajstić information content (AvgIpc) is 3.10. The van der Waals surface area contributed by atoms with E-state index in [1.165, 1.54) is 0 Å². The number of carbonyl (C=O) groups is 1. The summed E-state index contributed by atoms with van der Waals surface area (Å²) in [6.07, 6.45) is 0. The van der Waals surface area contributed by atoms with Gasteiger partial charge in [-0.1, -0.05) is 59.6 Å². The zero-order valence-corrected chi connectivity index (χ0v) is 13.7. The van der Waals surface area contributed by atoms with Crippen LogP contribution in [0.3, 0.4) is 0 Å². The maximum absolute atomic E-state index is 12.4. The summed E-state index contributed by atoms with van der Waals surface area (Å²) >= 11 is 12.0. The Balaban J connectivity index is 1.90. The molecule has 2 heterocycles. The van der Waals surface area contributed by atoms with Crippen LogP contribution in [-0.2, 0) is 0 Å². The number of benzene rings is 2. The molecule has 0 aliphatic carbocycles. The number of aromatic nitrogens is 1. The summed E-state index contributed by atoms with van der Waals surface area (Å²) < 4.78 is 0. The van der Waals surface area contributed by atoms with Crippen LogP contribution in [-0.4, -0.2) is 21.7 Å². The maximum Gasteiger partial charge on any atom is 0.280 e. The Bertz CT molecular complexity index is 1010. The molecular formula is C18H10Cl2N2O2. The first-order chi connectivity index (χ1) is 11.6. The van der Waals surface area contributed by atoms with Crippen LogP contribution in [0.25, 0.3) is 11.3 Å². The lowest BCUT2D eigenvalue weighted by Crippen LogP contribution is -1.99. The first-order valence-electron chi connectivity index (χ1n) is 7.15. The number of rotatable bonds is 2. The van der Waals surface area contributed by atoms with Gasteiger partial charge in [-0.3, -0.25) is 4.79 Å². The number of H-pyrrole nitrogens is 1. The Labute approximate surface area is 147 Å². The van der Waals surface area contributed by atoms with Crippen molar-refractivity contribution in [3.63, 3.8) is 0 Å². The largest absolute Gasteiger partial charge is 0.494 e. The third-order valence-electron chi connectivity index (χ3n) is 3.90. The first-order valence-corrected chi connectivity index (χ1v) is 7.91. The molecule has 118 valence electrons. The fourth-order valence-corrected chi connectivity index (χ4v) is 3.12. The van der Waals surface area contributed by atoms with Crippen LogP contribution in [0.2, 0.25) is 10.0 Å². The molecule has 4 nitrogen and oxygen atoms in total. The number of nitrogens with zero attached hydrogens (tertiary/aromatic N) is 1. The molecule has 6 heteroatoms. The van der Waals surface area contributed by atoms with E-state index in [0.717, 1.165) is 5.56 Å². The molecule has 2 aromatic carbocycles. The molecule has 24 heavy (non-hydrogen) atoms. The third kappa shape index (κ3) is 2.23. The van der Waals surface area contributed by atoms with E-state index in [0.29, 0.717) is 38.1 Å². The lowest BCUT2D eigenvalue weighted by atomic mass is 10.0. The van der Waals surface area contributed by atoms with Crippen LogP contribution in [0.15, 0.2) is 53.5 Å². The van der Waals surface area contributed by atoms with Gasteiger partial charge in [-0.25, -0.2) is 4.99 Å². The minimum Gasteiger partial charge on any atom is -0.494 e. The number of halogens is 2. The monoisotopic (exact) mass is 356 g/mol. The van der Waals surface area contributed by atoms with Crippen LogP contribution in [0, 0.1) is 0 Å². The second-order valence-electron chi connectivity index (χ2n) is 5.36. The summed E-state index contributed by atoms with van der Waals surface area (Å²) in [4.78, 5) is 19.4. The molecule has 0 saturated carbocycles. The fourth-order valence-electron chi connectivity index (χ4n) is 2.82. The number of amides is 1. The summed E-state index contributed by atoms with van der Waals surface area (Å²) in [5.41, 5.74) is 3.09. The molecule has 4 rings (SSSR count). The Morgan fingerprint density at radius 2 is 1.67 bits per heavy atom. The summed E-state index contributed by atoms with van der Waals surface area (Å²) in [7, 11) is 0. The molecule has 0 radical (unpaired) electrons. The lowest BCUT2D eigenvalue weighted by molar-refractivity contribution is 0.101. The smallest absolute Gasteiger partial charge is 0.280 e. The van der Waals surface area contributed by atoms with Gasteiger partial charge in [-0.2, -0.15) is 0 Å². The van der Waals surface area contributed by atoms with Crippen LogP contribution in [0.1, 0.15) is 21.5 Å². The van der Waals surface area contributed by atoms with Crippen molar-refractivity contribution >= 4 is 34.8 Å². The molecule has 0 spiro atoms. The fraction of sp³-hybridized carbons (Fsp3) is 0. The van der Waals surface area contributed by atoms with Crippen molar-refractivity contribution < 1.29 is 9.90 Å². The van der Waals surface area contributed by atoms with E-state index in [1.807, 2.05) is 30.3 Å². The zero-order valence-electron chi connectivity index (χ0n) is 12.2. The molecule has 1 aliphatic rings. The third-order valence-corrected chi connectivity index (χ3v) is 4.64. The van der Waals surface area contributed by atoms with Gasteiger partial charge in [0.05, 0.1) is 32.6 Å². The van der Waals surface area contributed by atoms with E-state index in [9.17, 15) is 9.90 Å². The van der Waals surface area contributed by atoms with Crippen molar-refractivity contribution in [2.75, 3.05) is 0 Å². The van der Waals surface area contributed by atoms with Crippen molar-refractivity contribution in [3.05, 3.63) is 75.3 Å². The highest BCUT2D eigenvalue weighted by Gasteiger charge is 2.33. The molecule has 1 aliphatic heterocycles. The molecule has 0 atom stereocenters. The Morgan fingerprint density at radius 3 is 2.38 bits per heavy atom. The van der Waals surface area contributed by atoms with Gasteiger partial charge in [0.1, 0.15) is 0 Å². The van der Waals surface area contributed by atoms with Crippen LogP contribution in [0.4, 0.5) is 0 Å². The van der Waals surface area contributed by atoms with Gasteiger partial charge in [0.25, 0.3) is 5.91 Å². The number of carbonyl (C=O) groups excluding carboxylic acids is 1. The van der Waals surface area contributed by atoms with Gasteiger partial charge < -0.3 is 10.1 Å². The number of hydrogen-bond donors (Lipinski definition) is 2. The molecular weight excluding hydrogens is 347 g/mol. The number of aliphatic imine (C=N–C) groups is 1. The number of nitrogens with one attached hydrogen (secondary N) is 1. The molecule has 2 N–H and O–H groups in total. The number of aromatic amines is 1. The van der Waals surface area contributed by atoms with Crippen molar-refractivity contribution in [3.8, 4) is 17.1 Å². The molecule has 1 amide bonds. The number of aromatic hydroxyl groups is 1. The van der Waals surface area contributed by atoms with E-state index in [1.54, 1.807) is 18.2 Å². The minimum atomic E-state index is -0.401. The highest BCUT2D eigenvalue weighted by Crippen LogP contribution is 2.39. The highest BCUT2D eigenvalue weighted by molar-refractivity contribution is 6.42. The molecule has 0 fully saturated rings. The second kappa shape index (κ2) is 5.51. The van der Waals surface area contributed by atoms with Crippen molar-refractivity contribution in [1.29, 1.82) is 0 Å². The van der Waals surface area contributed by atoms with E-state index < -0.39 is 5.91 Å². The predicted molar refractivity (Wildman–Crippen MR) is 94.3 cm³/mol. The Hall–Kier alpha value is -2.56. The quantitative estimate of drug-likeness (QED) is 0.699. The second-order valence-corrected chi connectivity index (χ2v) is 6.17. The zero-order chi connectivity index (χ0) is 16.8. The van der Waals surface area contributed by atoms with Gasteiger partial charge >= 0.3 is 0 Å². The van der Waals surface area contributed by atoms with Crippen LogP contribution >= 0.6 is 23.2 Å². The van der Waals surface area contributed by atoms with Gasteiger partial charge in [0.15, 0.2) is 5.88 Å². The van der Waals surface area contributed by atoms with E-state index in [4.69, 9.17) is 23.2 Å². The van der Waals surface area contributed by atoms with Crippen molar-refractivity contribution in [1.82, 2.24) is 4.98 Å². The summed E-state index contributed by atoms with van der Waals surface area (Å²) in [6.45, 7) is 0. The van der Waals surface area contributed by atoms with Gasteiger partial charge in [-0.05, 0) is 12.1 Å². The van der Waals surface area contributed by atoms with E-state index in [-0.39, 0.29) is 5.88 Å². The molecule has 0 unspecified atom stereocenters. The molecule has 3 aromatic rings. The normalized spacial score (nSPS) is 13.1. The topological polar surface area (TPSA) is 65.4 Å². The van der Waals surface area contributed by atoms with Gasteiger partial charge in [0, 0.05) is 11.1 Å². The first kappa shape index (κ1) is 15.0. The van der Waals surface area contributed by atoms with Gasteiger partial charge in [0.2, 0.25) is 0 Å². The maximum atomic E-state index is 12.4. The summed E-state index contributed by atoms with van der Waals surface area (Å²) in [6, 6.07) is 14.3. The summed E-state index contributed by atoms with van der Waals surface area (Å²) in [5.74, 6) is -0.499. The molecule has 0 saturated heterocycles. The summed E-state index contributed by atoms with van der Waals surface area (Å²) in [5, 5.41) is 11.1. The molecule has 1 aromatic heterocycles. The predicted octanol–water partition coefficient (Wildman–Crippen LogP) is 4.69. The Kier molecular flexibility index (Phi) is 3.44. The number of fused-ring (bicyclic) bond motifs is 1. The number of hydrogen-bond acceptors (Lipinski definition) is 2.